The van der Waals surface area contributed by atoms with E-state index >= 15 is 0 Å². The number of rotatable bonds is 4. The van der Waals surface area contributed by atoms with Crippen LogP contribution in [0.4, 0.5) is 0 Å². The maximum atomic E-state index is 10.4. The van der Waals surface area contributed by atoms with Gasteiger partial charge in [0.05, 0.1) is 12.1 Å². The molecule has 0 radical (unpaired) electrons. The van der Waals surface area contributed by atoms with Crippen molar-refractivity contribution in [2.24, 2.45) is 11.0 Å². The molecule has 0 bridgehead atoms. The molecule has 4 heteroatoms. The van der Waals surface area contributed by atoms with Crippen molar-refractivity contribution in [1.29, 1.82) is 0 Å². The number of hydrogen-bond acceptors (Lipinski definition) is 2. The zero-order valence-electron chi connectivity index (χ0n) is 8.96. The van der Waals surface area contributed by atoms with Gasteiger partial charge in [-0.3, -0.25) is 0 Å². The molecule has 1 unspecified atom stereocenters. The Kier molecular flexibility index (Phi) is 3.72. The fourth-order valence-electron chi connectivity index (χ4n) is 1.47. The van der Waals surface area contributed by atoms with E-state index in [1.807, 2.05) is 44.2 Å². The van der Waals surface area contributed by atoms with E-state index in [1.54, 1.807) is 0 Å². The summed E-state index contributed by atoms with van der Waals surface area (Å²) in [5, 5.41) is 13.9. The average Bonchev–Trinajstić information content (AvgIpc) is 2.27. The molecule has 0 amide bonds. The molecule has 0 aliphatic rings. The lowest BCUT2D eigenvalue weighted by Gasteiger charge is -2.31. The fraction of sp³-hybridized carbons (Fsp3) is 0.455. The van der Waals surface area contributed by atoms with Crippen molar-refractivity contribution in [2.75, 3.05) is 6.54 Å². The third-order valence-corrected chi connectivity index (χ3v) is 2.60. The van der Waals surface area contributed by atoms with Crippen molar-refractivity contribution in [3.8, 4) is 0 Å². The van der Waals surface area contributed by atoms with Crippen LogP contribution in [-0.2, 0) is 5.60 Å². The first-order valence-corrected chi connectivity index (χ1v) is 4.90. The normalized spacial score (nSPS) is 14.4. The van der Waals surface area contributed by atoms with Gasteiger partial charge in [0.2, 0.25) is 0 Å². The molecule has 4 nitrogen and oxygen atoms in total. The SMILES string of the molecule is CC(C)C(O)(CN=[N+]=[N-])c1ccccc1. The van der Waals surface area contributed by atoms with Crippen LogP contribution in [-0.4, -0.2) is 11.7 Å². The number of azide groups is 1. The molecule has 0 aromatic heterocycles. The Balaban J connectivity index is 3.06. The zero-order chi connectivity index (χ0) is 11.3. The van der Waals surface area contributed by atoms with E-state index in [-0.39, 0.29) is 12.5 Å². The molecule has 1 atom stereocenters. The molecular weight excluding hydrogens is 190 g/mol. The van der Waals surface area contributed by atoms with E-state index < -0.39 is 5.60 Å². The molecule has 0 saturated carbocycles. The molecule has 80 valence electrons. The van der Waals surface area contributed by atoms with Crippen LogP contribution in [0.15, 0.2) is 35.4 Å². The predicted octanol–water partition coefficient (Wildman–Crippen LogP) is 2.84. The highest BCUT2D eigenvalue weighted by Crippen LogP contribution is 2.29. The van der Waals surface area contributed by atoms with Crippen molar-refractivity contribution < 1.29 is 5.11 Å². The summed E-state index contributed by atoms with van der Waals surface area (Å²) < 4.78 is 0. The van der Waals surface area contributed by atoms with Crippen LogP contribution in [0.5, 0.6) is 0 Å². The summed E-state index contributed by atoms with van der Waals surface area (Å²) in [6.45, 7) is 3.87. The van der Waals surface area contributed by atoms with Crippen LogP contribution in [0, 0.1) is 5.92 Å². The molecule has 0 heterocycles. The molecule has 1 rings (SSSR count). The number of aliphatic hydroxyl groups is 1. The van der Waals surface area contributed by atoms with E-state index in [1.165, 1.54) is 0 Å². The quantitative estimate of drug-likeness (QED) is 0.458. The highest BCUT2D eigenvalue weighted by molar-refractivity contribution is 5.23. The third kappa shape index (κ3) is 2.49. The van der Waals surface area contributed by atoms with Crippen LogP contribution in [0.1, 0.15) is 19.4 Å². The van der Waals surface area contributed by atoms with Crippen LogP contribution < -0.4 is 0 Å². The van der Waals surface area contributed by atoms with Gasteiger partial charge < -0.3 is 5.11 Å². The largest absolute Gasteiger partial charge is 0.385 e. The summed E-state index contributed by atoms with van der Waals surface area (Å²) in [5.41, 5.74) is 8.01. The minimum Gasteiger partial charge on any atom is -0.385 e. The standard InChI is InChI=1S/C11H15N3O/c1-9(2)11(15,8-13-14-12)10-6-4-3-5-7-10/h3-7,9,15H,8H2,1-2H3. The van der Waals surface area contributed by atoms with Gasteiger partial charge in [0, 0.05) is 4.91 Å². The Bertz CT molecular complexity index is 357. The Morgan fingerprint density at radius 1 is 1.40 bits per heavy atom. The molecule has 1 aromatic rings. The smallest absolute Gasteiger partial charge is 0.0975 e. The van der Waals surface area contributed by atoms with Gasteiger partial charge >= 0.3 is 0 Å². The lowest BCUT2D eigenvalue weighted by molar-refractivity contribution is -0.000999. The summed E-state index contributed by atoms with van der Waals surface area (Å²) in [5.74, 6) is -0.00889. The molecule has 0 aliphatic carbocycles. The van der Waals surface area contributed by atoms with Crippen LogP contribution in [0.3, 0.4) is 0 Å². The second-order valence-electron chi connectivity index (χ2n) is 3.83. The van der Waals surface area contributed by atoms with Crippen molar-refractivity contribution in [1.82, 2.24) is 0 Å². The summed E-state index contributed by atoms with van der Waals surface area (Å²) >= 11 is 0. The molecule has 1 N–H and O–H groups in total. The topological polar surface area (TPSA) is 69.0 Å². The van der Waals surface area contributed by atoms with Gasteiger partial charge in [-0.1, -0.05) is 49.3 Å². The van der Waals surface area contributed by atoms with Crippen LogP contribution in [0.25, 0.3) is 10.4 Å². The van der Waals surface area contributed by atoms with E-state index in [9.17, 15) is 5.11 Å². The monoisotopic (exact) mass is 205 g/mol. The average molecular weight is 205 g/mol. The van der Waals surface area contributed by atoms with Crippen molar-refractivity contribution in [2.45, 2.75) is 19.4 Å². The number of benzene rings is 1. The minimum atomic E-state index is -1.08. The van der Waals surface area contributed by atoms with Gasteiger partial charge in [0.15, 0.2) is 0 Å². The Labute approximate surface area is 89.2 Å². The van der Waals surface area contributed by atoms with Gasteiger partial charge in [-0.15, -0.1) is 0 Å². The van der Waals surface area contributed by atoms with Gasteiger partial charge in [0.1, 0.15) is 0 Å². The maximum Gasteiger partial charge on any atom is 0.0975 e. The van der Waals surface area contributed by atoms with E-state index in [0.29, 0.717) is 0 Å². The van der Waals surface area contributed by atoms with E-state index in [4.69, 9.17) is 5.53 Å². The van der Waals surface area contributed by atoms with Crippen molar-refractivity contribution in [3.05, 3.63) is 46.3 Å². The first-order chi connectivity index (χ1) is 7.11. The summed E-state index contributed by atoms with van der Waals surface area (Å²) in [4.78, 5) is 2.69. The minimum absolute atomic E-state index is 0.00889. The lowest BCUT2D eigenvalue weighted by Crippen LogP contribution is -2.35. The van der Waals surface area contributed by atoms with Gasteiger partial charge in [0.25, 0.3) is 0 Å². The van der Waals surface area contributed by atoms with Crippen molar-refractivity contribution >= 4 is 0 Å². The first kappa shape index (κ1) is 11.6. The van der Waals surface area contributed by atoms with Gasteiger partial charge in [-0.05, 0) is 17.0 Å². The van der Waals surface area contributed by atoms with E-state index in [2.05, 4.69) is 10.0 Å². The molecule has 1 aromatic carbocycles. The second-order valence-corrected chi connectivity index (χ2v) is 3.83. The van der Waals surface area contributed by atoms with Crippen LogP contribution in [0.2, 0.25) is 0 Å². The highest BCUT2D eigenvalue weighted by Gasteiger charge is 2.31. The van der Waals surface area contributed by atoms with Crippen LogP contribution >= 0.6 is 0 Å². The summed E-state index contributed by atoms with van der Waals surface area (Å²) in [6.07, 6.45) is 0. The maximum absolute atomic E-state index is 10.4. The Hall–Kier alpha value is -1.51. The third-order valence-electron chi connectivity index (χ3n) is 2.60. The van der Waals surface area contributed by atoms with E-state index in [0.717, 1.165) is 5.56 Å². The molecule has 15 heavy (non-hydrogen) atoms. The fourth-order valence-corrected chi connectivity index (χ4v) is 1.47. The molecule has 0 saturated heterocycles. The molecule has 0 aliphatic heterocycles. The van der Waals surface area contributed by atoms with Crippen molar-refractivity contribution in [3.63, 3.8) is 0 Å². The Morgan fingerprint density at radius 3 is 2.47 bits per heavy atom. The number of nitrogens with zero attached hydrogens (tertiary/aromatic N) is 3. The predicted molar refractivity (Wildman–Crippen MR) is 59.2 cm³/mol. The molecule has 0 fully saturated rings. The molecular formula is C11H15N3O. The number of hydrogen-bond donors (Lipinski definition) is 1. The summed E-state index contributed by atoms with van der Waals surface area (Å²) in [6, 6.07) is 9.29. The van der Waals surface area contributed by atoms with Gasteiger partial charge in [-0.25, -0.2) is 0 Å². The van der Waals surface area contributed by atoms with Gasteiger partial charge in [-0.2, -0.15) is 0 Å². The zero-order valence-corrected chi connectivity index (χ0v) is 8.96. The highest BCUT2D eigenvalue weighted by atomic mass is 16.3. The first-order valence-electron chi connectivity index (χ1n) is 4.90. The molecule has 0 spiro atoms. The second kappa shape index (κ2) is 4.82. The summed E-state index contributed by atoms with van der Waals surface area (Å²) in [7, 11) is 0. The lowest BCUT2D eigenvalue weighted by atomic mass is 9.83. The Morgan fingerprint density at radius 2 is 2.00 bits per heavy atom.